The van der Waals surface area contributed by atoms with Crippen LogP contribution in [-0.4, -0.2) is 41.3 Å². The normalized spacial score (nSPS) is 14.1. The minimum atomic E-state index is -0.401. The molecule has 1 aliphatic heterocycles. The van der Waals surface area contributed by atoms with Gasteiger partial charge >= 0.3 is 0 Å². The molecule has 1 aromatic rings. The first kappa shape index (κ1) is 11.5. The van der Waals surface area contributed by atoms with Crippen LogP contribution in [0.4, 0.5) is 0 Å². The molecule has 5 nitrogen and oxygen atoms in total. The Bertz CT molecular complexity index is 495. The molecule has 1 N–H and O–H groups in total. The van der Waals surface area contributed by atoms with Gasteiger partial charge in [0, 0.05) is 18.7 Å². The number of amides is 2. The standard InChI is InChI=1S/C12H11NO4/c14-5-1-4-13-11(16)9-3-2-8(7-15)6-10(9)12(13)17/h2-3,6-7,14H,1,4-5H2. The predicted molar refractivity (Wildman–Crippen MR) is 58.9 cm³/mol. The van der Waals surface area contributed by atoms with Crippen molar-refractivity contribution in [3.63, 3.8) is 0 Å². The third-order valence-corrected chi connectivity index (χ3v) is 2.67. The number of carbonyl (C=O) groups excluding carboxylic acids is 3. The van der Waals surface area contributed by atoms with E-state index in [1.807, 2.05) is 0 Å². The van der Waals surface area contributed by atoms with Crippen LogP contribution in [-0.2, 0) is 0 Å². The van der Waals surface area contributed by atoms with E-state index in [1.165, 1.54) is 18.2 Å². The van der Waals surface area contributed by atoms with Crippen molar-refractivity contribution in [2.45, 2.75) is 6.42 Å². The van der Waals surface area contributed by atoms with Crippen LogP contribution in [0.15, 0.2) is 18.2 Å². The van der Waals surface area contributed by atoms with Crippen molar-refractivity contribution in [3.8, 4) is 0 Å². The maximum absolute atomic E-state index is 11.9. The van der Waals surface area contributed by atoms with E-state index in [9.17, 15) is 14.4 Å². The van der Waals surface area contributed by atoms with Crippen LogP contribution < -0.4 is 0 Å². The van der Waals surface area contributed by atoms with E-state index in [0.717, 1.165) is 4.90 Å². The maximum atomic E-state index is 11.9. The molecule has 0 fully saturated rings. The summed E-state index contributed by atoms with van der Waals surface area (Å²) in [6, 6.07) is 4.41. The highest BCUT2D eigenvalue weighted by molar-refractivity contribution is 6.21. The second-order valence-corrected chi connectivity index (χ2v) is 3.76. The van der Waals surface area contributed by atoms with Crippen molar-refractivity contribution in [1.29, 1.82) is 0 Å². The zero-order valence-corrected chi connectivity index (χ0v) is 9.05. The van der Waals surface area contributed by atoms with Crippen molar-refractivity contribution >= 4 is 18.1 Å². The quantitative estimate of drug-likeness (QED) is 0.606. The molecule has 0 bridgehead atoms. The fourth-order valence-corrected chi connectivity index (χ4v) is 1.81. The Labute approximate surface area is 97.7 Å². The zero-order valence-electron chi connectivity index (χ0n) is 9.05. The molecule has 0 saturated carbocycles. The number of rotatable bonds is 4. The number of aldehydes is 1. The largest absolute Gasteiger partial charge is 0.396 e. The SMILES string of the molecule is O=Cc1ccc2c(c1)C(=O)N(CCCO)C2=O. The zero-order chi connectivity index (χ0) is 12.4. The fraction of sp³-hybridized carbons (Fsp3) is 0.250. The highest BCUT2D eigenvalue weighted by atomic mass is 16.3. The van der Waals surface area contributed by atoms with Gasteiger partial charge in [-0.25, -0.2) is 0 Å². The van der Waals surface area contributed by atoms with Crippen LogP contribution in [0.1, 0.15) is 37.5 Å². The van der Waals surface area contributed by atoms with Gasteiger partial charge in [-0.3, -0.25) is 19.3 Å². The third kappa shape index (κ3) is 1.85. The number of hydrogen-bond acceptors (Lipinski definition) is 4. The number of imide groups is 1. The first-order valence-corrected chi connectivity index (χ1v) is 5.25. The van der Waals surface area contributed by atoms with E-state index in [1.54, 1.807) is 0 Å². The van der Waals surface area contributed by atoms with Crippen LogP contribution in [0.2, 0.25) is 0 Å². The predicted octanol–water partition coefficient (Wildman–Crippen LogP) is 0.478. The summed E-state index contributed by atoms with van der Waals surface area (Å²) in [6.07, 6.45) is 0.987. The van der Waals surface area contributed by atoms with Crippen LogP contribution >= 0.6 is 0 Å². The van der Waals surface area contributed by atoms with Crippen molar-refractivity contribution in [2.24, 2.45) is 0 Å². The monoisotopic (exact) mass is 233 g/mol. The van der Waals surface area contributed by atoms with Gasteiger partial charge in [-0.15, -0.1) is 0 Å². The lowest BCUT2D eigenvalue weighted by atomic mass is 10.1. The van der Waals surface area contributed by atoms with Crippen LogP contribution in [0, 0.1) is 0 Å². The minimum absolute atomic E-state index is 0.0764. The number of benzene rings is 1. The van der Waals surface area contributed by atoms with Gasteiger partial charge in [0.1, 0.15) is 6.29 Å². The van der Waals surface area contributed by atoms with Crippen LogP contribution in [0.25, 0.3) is 0 Å². The first-order chi connectivity index (χ1) is 8.19. The highest BCUT2D eigenvalue weighted by Crippen LogP contribution is 2.23. The van der Waals surface area contributed by atoms with E-state index < -0.39 is 5.91 Å². The molecule has 1 aromatic carbocycles. The van der Waals surface area contributed by atoms with Crippen molar-refractivity contribution in [3.05, 3.63) is 34.9 Å². The molecule has 1 aliphatic rings. The first-order valence-electron chi connectivity index (χ1n) is 5.25. The average Bonchev–Trinajstić information content (AvgIpc) is 2.59. The van der Waals surface area contributed by atoms with Gasteiger partial charge in [-0.05, 0) is 18.6 Å². The minimum Gasteiger partial charge on any atom is -0.396 e. The summed E-state index contributed by atoms with van der Waals surface area (Å²) < 4.78 is 0. The van der Waals surface area contributed by atoms with Gasteiger partial charge < -0.3 is 5.11 Å². The number of aliphatic hydroxyl groups is 1. The Morgan fingerprint density at radius 2 is 1.88 bits per heavy atom. The Balaban J connectivity index is 2.35. The number of fused-ring (bicyclic) bond motifs is 1. The van der Waals surface area contributed by atoms with Crippen LogP contribution in [0.3, 0.4) is 0 Å². The van der Waals surface area contributed by atoms with E-state index in [-0.39, 0.29) is 24.6 Å². The van der Waals surface area contributed by atoms with Crippen molar-refractivity contribution < 1.29 is 19.5 Å². The molecule has 1 heterocycles. The molecule has 0 atom stereocenters. The fourth-order valence-electron chi connectivity index (χ4n) is 1.81. The molecule has 0 spiro atoms. The Morgan fingerprint density at radius 1 is 1.18 bits per heavy atom. The summed E-state index contributed by atoms with van der Waals surface area (Å²) in [6.45, 7) is 0.117. The summed E-state index contributed by atoms with van der Waals surface area (Å²) in [5.41, 5.74) is 0.949. The number of aliphatic hydroxyl groups excluding tert-OH is 1. The summed E-state index contributed by atoms with van der Waals surface area (Å²) in [7, 11) is 0. The van der Waals surface area contributed by atoms with E-state index >= 15 is 0 Å². The third-order valence-electron chi connectivity index (χ3n) is 2.67. The summed E-state index contributed by atoms with van der Waals surface area (Å²) in [4.78, 5) is 35.4. The van der Waals surface area contributed by atoms with E-state index in [4.69, 9.17) is 5.11 Å². The molecule has 0 saturated heterocycles. The maximum Gasteiger partial charge on any atom is 0.261 e. The Kier molecular flexibility index (Phi) is 3.01. The molecule has 0 unspecified atom stereocenters. The lowest BCUT2D eigenvalue weighted by molar-refractivity contribution is 0.0645. The van der Waals surface area contributed by atoms with E-state index in [0.29, 0.717) is 23.8 Å². The number of carbonyl (C=O) groups is 3. The number of hydrogen-bond donors (Lipinski definition) is 1. The molecule has 0 aromatic heterocycles. The molecule has 5 heteroatoms. The molecule has 2 amide bonds. The van der Waals surface area contributed by atoms with E-state index in [2.05, 4.69) is 0 Å². The highest BCUT2D eigenvalue weighted by Gasteiger charge is 2.34. The van der Waals surface area contributed by atoms with Gasteiger partial charge in [0.05, 0.1) is 11.1 Å². The molecule has 17 heavy (non-hydrogen) atoms. The average molecular weight is 233 g/mol. The molecule has 88 valence electrons. The molecular weight excluding hydrogens is 222 g/mol. The Morgan fingerprint density at radius 3 is 2.53 bits per heavy atom. The smallest absolute Gasteiger partial charge is 0.261 e. The summed E-state index contributed by atoms with van der Waals surface area (Å²) in [5, 5.41) is 8.70. The summed E-state index contributed by atoms with van der Waals surface area (Å²) in [5.74, 6) is -0.766. The molecule has 0 aliphatic carbocycles. The summed E-state index contributed by atoms with van der Waals surface area (Å²) >= 11 is 0. The molecular formula is C12H11NO4. The van der Waals surface area contributed by atoms with Gasteiger partial charge in [0.2, 0.25) is 0 Å². The van der Waals surface area contributed by atoms with Crippen LogP contribution in [0.5, 0.6) is 0 Å². The Hall–Kier alpha value is -2.01. The topological polar surface area (TPSA) is 74.7 Å². The second kappa shape index (κ2) is 4.47. The van der Waals surface area contributed by atoms with Gasteiger partial charge in [-0.1, -0.05) is 6.07 Å². The van der Waals surface area contributed by atoms with Crippen molar-refractivity contribution in [2.75, 3.05) is 13.2 Å². The van der Waals surface area contributed by atoms with Gasteiger partial charge in [-0.2, -0.15) is 0 Å². The lowest BCUT2D eigenvalue weighted by Gasteiger charge is -2.11. The van der Waals surface area contributed by atoms with Crippen molar-refractivity contribution in [1.82, 2.24) is 4.90 Å². The molecule has 0 radical (unpaired) electrons. The van der Waals surface area contributed by atoms with Gasteiger partial charge in [0.25, 0.3) is 11.8 Å². The van der Waals surface area contributed by atoms with Gasteiger partial charge in [0.15, 0.2) is 0 Å². The second-order valence-electron chi connectivity index (χ2n) is 3.76. The molecule has 2 rings (SSSR count). The lowest BCUT2D eigenvalue weighted by Crippen LogP contribution is -2.31. The number of nitrogens with zero attached hydrogens (tertiary/aromatic N) is 1.